The summed E-state index contributed by atoms with van der Waals surface area (Å²) in [6, 6.07) is 0. The molecule has 0 heteroatoms. The summed E-state index contributed by atoms with van der Waals surface area (Å²) >= 11 is 0. The van der Waals surface area contributed by atoms with Crippen molar-refractivity contribution < 1.29 is 0 Å². The van der Waals surface area contributed by atoms with Gasteiger partial charge in [0.2, 0.25) is 0 Å². The summed E-state index contributed by atoms with van der Waals surface area (Å²) in [6.45, 7) is 23.8. The minimum atomic E-state index is 0.202. The van der Waals surface area contributed by atoms with E-state index in [0.29, 0.717) is 10.8 Å². The van der Waals surface area contributed by atoms with E-state index >= 15 is 0 Å². The quantitative estimate of drug-likeness (QED) is 0.384. The van der Waals surface area contributed by atoms with E-state index in [1.165, 1.54) is 19.3 Å². The zero-order valence-corrected chi connectivity index (χ0v) is 17.1. The van der Waals surface area contributed by atoms with Crippen molar-refractivity contribution in [2.75, 3.05) is 0 Å². The van der Waals surface area contributed by atoms with Crippen LogP contribution in [0.15, 0.2) is 17.9 Å². The van der Waals surface area contributed by atoms with Crippen LogP contribution < -0.4 is 0 Å². The molecular weight excluding hydrogens is 264 g/mol. The summed E-state index contributed by atoms with van der Waals surface area (Å²) < 4.78 is 0. The molecule has 1 atom stereocenters. The third kappa shape index (κ3) is 7.68. The third-order valence-electron chi connectivity index (χ3n) is 5.26. The van der Waals surface area contributed by atoms with Crippen LogP contribution in [-0.4, -0.2) is 0 Å². The first-order chi connectivity index (χ1) is 9.83. The Labute approximate surface area is 141 Å². The highest BCUT2D eigenvalue weighted by molar-refractivity contribution is 5.00. The van der Waals surface area contributed by atoms with Crippen molar-refractivity contribution in [1.82, 2.24) is 0 Å². The Morgan fingerprint density at radius 1 is 0.909 bits per heavy atom. The van der Waals surface area contributed by atoms with Crippen LogP contribution in [0.4, 0.5) is 0 Å². The van der Waals surface area contributed by atoms with E-state index in [1.54, 1.807) is 0 Å². The third-order valence-corrected chi connectivity index (χ3v) is 5.26. The average Bonchev–Trinajstić information content (AvgIpc) is 2.24. The molecule has 0 heterocycles. The lowest BCUT2D eigenvalue weighted by molar-refractivity contribution is 0.0419. The summed E-state index contributed by atoms with van der Waals surface area (Å²) in [6.07, 6.45) is 9.31. The smallest absolute Gasteiger partial charge is 0.00939 e. The van der Waals surface area contributed by atoms with Gasteiger partial charge in [-0.25, -0.2) is 0 Å². The predicted octanol–water partition coefficient (Wildman–Crippen LogP) is 7.65. The molecule has 0 N–H and O–H groups in total. The molecule has 0 rings (SSSR count). The SMILES string of the molecule is CCC=C=CC(C)(C)CC(C)(C)C(C)(C)CC(C)CC(C)C. The molecule has 0 fully saturated rings. The van der Waals surface area contributed by atoms with Gasteiger partial charge in [-0.05, 0) is 65.9 Å². The predicted molar refractivity (Wildman–Crippen MR) is 102 cm³/mol. The lowest BCUT2D eigenvalue weighted by atomic mass is 9.58. The van der Waals surface area contributed by atoms with Gasteiger partial charge in [-0.1, -0.05) is 69.2 Å². The highest BCUT2D eigenvalue weighted by Gasteiger charge is 2.40. The van der Waals surface area contributed by atoms with Crippen LogP contribution in [0.5, 0.6) is 0 Å². The molecule has 0 nitrogen and oxygen atoms in total. The number of allylic oxidation sites excluding steroid dienone is 1. The Kier molecular flexibility index (Phi) is 8.21. The van der Waals surface area contributed by atoms with Crippen LogP contribution >= 0.6 is 0 Å². The summed E-state index contributed by atoms with van der Waals surface area (Å²) in [4.78, 5) is 0. The standard InChI is InChI=1S/C22H42/c1-11-12-13-14-20(5,6)17-22(9,10)21(7,8)16-19(4)15-18(2)3/h12,14,18-19H,11,15-17H2,1-10H3. The Hall–Kier alpha value is -0.480. The Morgan fingerprint density at radius 3 is 1.91 bits per heavy atom. The molecule has 0 aromatic rings. The maximum absolute atomic E-state index is 3.37. The molecule has 0 aliphatic carbocycles. The monoisotopic (exact) mass is 306 g/mol. The van der Waals surface area contributed by atoms with Crippen LogP contribution in [0.3, 0.4) is 0 Å². The molecule has 0 bridgehead atoms. The van der Waals surface area contributed by atoms with Gasteiger partial charge in [0, 0.05) is 0 Å². The molecule has 0 aliphatic rings. The second-order valence-electron chi connectivity index (χ2n) is 9.80. The molecule has 0 saturated heterocycles. The van der Waals surface area contributed by atoms with Gasteiger partial charge in [-0.3, -0.25) is 0 Å². The van der Waals surface area contributed by atoms with E-state index in [9.17, 15) is 0 Å². The topological polar surface area (TPSA) is 0 Å². The Bertz CT molecular complexity index is 373. The molecule has 130 valence electrons. The molecule has 0 aromatic carbocycles. The van der Waals surface area contributed by atoms with E-state index in [0.717, 1.165) is 18.3 Å². The van der Waals surface area contributed by atoms with E-state index in [1.807, 2.05) is 0 Å². The zero-order chi connectivity index (χ0) is 17.6. The second kappa shape index (κ2) is 8.39. The fourth-order valence-corrected chi connectivity index (χ4v) is 3.87. The normalized spacial score (nSPS) is 14.7. The zero-order valence-electron chi connectivity index (χ0n) is 17.1. The van der Waals surface area contributed by atoms with Gasteiger partial charge >= 0.3 is 0 Å². The van der Waals surface area contributed by atoms with Crippen LogP contribution in [0.25, 0.3) is 0 Å². The largest absolute Gasteiger partial charge is 0.129 e. The van der Waals surface area contributed by atoms with Crippen LogP contribution in [-0.2, 0) is 0 Å². The van der Waals surface area contributed by atoms with E-state index < -0.39 is 0 Å². The molecule has 0 amide bonds. The average molecular weight is 307 g/mol. The maximum Gasteiger partial charge on any atom is -0.00939 e. The molecule has 1 unspecified atom stereocenters. The van der Waals surface area contributed by atoms with Gasteiger partial charge in [0.15, 0.2) is 0 Å². The molecule has 0 aliphatic heterocycles. The van der Waals surface area contributed by atoms with Crippen molar-refractivity contribution in [3.8, 4) is 0 Å². The van der Waals surface area contributed by atoms with Crippen LogP contribution in [0.2, 0.25) is 0 Å². The van der Waals surface area contributed by atoms with Crippen LogP contribution in [0.1, 0.15) is 94.9 Å². The van der Waals surface area contributed by atoms with Crippen molar-refractivity contribution in [2.24, 2.45) is 28.1 Å². The summed E-state index contributed by atoms with van der Waals surface area (Å²) in [5.41, 5.74) is 4.23. The number of hydrogen-bond acceptors (Lipinski definition) is 0. The molecular formula is C22H42. The van der Waals surface area contributed by atoms with Crippen molar-refractivity contribution in [1.29, 1.82) is 0 Å². The minimum absolute atomic E-state index is 0.202. The first kappa shape index (κ1) is 21.5. The van der Waals surface area contributed by atoms with E-state index in [4.69, 9.17) is 0 Å². The summed E-state index contributed by atoms with van der Waals surface area (Å²) in [5.74, 6) is 1.60. The number of rotatable bonds is 9. The van der Waals surface area contributed by atoms with Crippen molar-refractivity contribution in [3.05, 3.63) is 17.9 Å². The van der Waals surface area contributed by atoms with Gasteiger partial charge in [-0.2, -0.15) is 0 Å². The van der Waals surface area contributed by atoms with Gasteiger partial charge in [-0.15, -0.1) is 5.73 Å². The molecule has 0 radical (unpaired) electrons. The lowest BCUT2D eigenvalue weighted by Crippen LogP contribution is -2.37. The van der Waals surface area contributed by atoms with Gasteiger partial charge in [0.25, 0.3) is 0 Å². The fraction of sp³-hybridized carbons (Fsp3) is 0.864. The first-order valence-corrected chi connectivity index (χ1v) is 9.25. The lowest BCUT2D eigenvalue weighted by Gasteiger charge is -2.47. The second-order valence-corrected chi connectivity index (χ2v) is 9.80. The van der Waals surface area contributed by atoms with Gasteiger partial charge in [0.05, 0.1) is 0 Å². The van der Waals surface area contributed by atoms with Crippen LogP contribution in [0, 0.1) is 28.1 Å². The van der Waals surface area contributed by atoms with E-state index in [-0.39, 0.29) is 5.41 Å². The van der Waals surface area contributed by atoms with Gasteiger partial charge in [0.1, 0.15) is 0 Å². The highest BCUT2D eigenvalue weighted by atomic mass is 14.5. The fourth-order valence-electron chi connectivity index (χ4n) is 3.87. The molecule has 22 heavy (non-hydrogen) atoms. The van der Waals surface area contributed by atoms with Crippen molar-refractivity contribution in [2.45, 2.75) is 94.9 Å². The number of hydrogen-bond donors (Lipinski definition) is 0. The molecule has 0 spiro atoms. The molecule has 0 aromatic heterocycles. The minimum Gasteiger partial charge on any atom is -0.129 e. The Balaban J connectivity index is 4.99. The highest BCUT2D eigenvalue weighted by Crippen LogP contribution is 2.50. The van der Waals surface area contributed by atoms with Gasteiger partial charge < -0.3 is 0 Å². The summed E-state index contributed by atoms with van der Waals surface area (Å²) in [7, 11) is 0. The Morgan fingerprint density at radius 2 is 1.45 bits per heavy atom. The maximum atomic E-state index is 3.37. The molecule has 0 saturated carbocycles. The van der Waals surface area contributed by atoms with Crippen molar-refractivity contribution in [3.63, 3.8) is 0 Å². The van der Waals surface area contributed by atoms with Crippen molar-refractivity contribution >= 4 is 0 Å². The first-order valence-electron chi connectivity index (χ1n) is 9.25. The summed E-state index contributed by atoms with van der Waals surface area (Å²) in [5, 5.41) is 0. The van der Waals surface area contributed by atoms with E-state index in [2.05, 4.69) is 87.1 Å².